The number of benzene rings is 1. The van der Waals surface area contributed by atoms with Gasteiger partial charge >= 0.3 is 0 Å². The summed E-state index contributed by atoms with van der Waals surface area (Å²) in [6, 6.07) is 6.42. The fourth-order valence-corrected chi connectivity index (χ4v) is 2.41. The van der Waals surface area contributed by atoms with Crippen LogP contribution in [0.4, 0.5) is 0 Å². The summed E-state index contributed by atoms with van der Waals surface area (Å²) in [7, 11) is 1.76. The fourth-order valence-electron chi connectivity index (χ4n) is 2.41. The second kappa shape index (κ2) is 6.46. The Morgan fingerprint density at radius 2 is 1.95 bits per heavy atom. The van der Waals surface area contributed by atoms with Crippen LogP contribution in [0.3, 0.4) is 0 Å². The summed E-state index contributed by atoms with van der Waals surface area (Å²) in [6.07, 6.45) is 0.900. The normalized spacial score (nSPS) is 16.0. The number of fused-ring (bicyclic) bond motifs is 1. The summed E-state index contributed by atoms with van der Waals surface area (Å²) < 4.78 is 16.8. The lowest BCUT2D eigenvalue weighted by Crippen LogP contribution is -2.32. The molecule has 1 unspecified atom stereocenters. The molecular formula is C16H25NO3. The molecule has 4 nitrogen and oxygen atoms in total. The Bertz CT molecular complexity index is 445. The Labute approximate surface area is 121 Å². The molecule has 2 rings (SSSR count). The number of hydrogen-bond donors (Lipinski definition) is 1. The lowest BCUT2D eigenvalue weighted by Gasteiger charge is -2.30. The Morgan fingerprint density at radius 3 is 2.60 bits per heavy atom. The highest BCUT2D eigenvalue weighted by molar-refractivity contribution is 5.44. The molecule has 1 aromatic carbocycles. The third kappa shape index (κ3) is 3.64. The average molecular weight is 279 g/mol. The van der Waals surface area contributed by atoms with Gasteiger partial charge in [-0.15, -0.1) is 0 Å². The number of ether oxygens (including phenoxy) is 3. The van der Waals surface area contributed by atoms with Gasteiger partial charge in [0.2, 0.25) is 0 Å². The van der Waals surface area contributed by atoms with Gasteiger partial charge in [0.25, 0.3) is 0 Å². The van der Waals surface area contributed by atoms with E-state index in [9.17, 15) is 0 Å². The van der Waals surface area contributed by atoms with E-state index in [0.29, 0.717) is 13.2 Å². The first kappa shape index (κ1) is 15.1. The molecule has 112 valence electrons. The Hall–Kier alpha value is -1.26. The molecule has 0 aromatic heterocycles. The molecule has 4 heteroatoms. The third-order valence-electron chi connectivity index (χ3n) is 3.67. The molecule has 1 N–H and O–H groups in total. The molecule has 1 aromatic rings. The summed E-state index contributed by atoms with van der Waals surface area (Å²) in [5.74, 6) is 1.67. The molecule has 0 saturated heterocycles. The monoisotopic (exact) mass is 279 g/mol. The van der Waals surface area contributed by atoms with Gasteiger partial charge in [-0.25, -0.2) is 0 Å². The van der Waals surface area contributed by atoms with Crippen molar-refractivity contribution in [2.24, 2.45) is 0 Å². The first-order valence-electron chi connectivity index (χ1n) is 7.24. The fraction of sp³-hybridized carbons (Fsp3) is 0.625. The van der Waals surface area contributed by atoms with Gasteiger partial charge < -0.3 is 19.5 Å². The number of rotatable bonds is 6. The van der Waals surface area contributed by atoms with E-state index in [4.69, 9.17) is 14.2 Å². The molecule has 0 saturated carbocycles. The minimum absolute atomic E-state index is 0.167. The van der Waals surface area contributed by atoms with Crippen molar-refractivity contribution in [3.63, 3.8) is 0 Å². The van der Waals surface area contributed by atoms with Crippen LogP contribution in [0.2, 0.25) is 0 Å². The topological polar surface area (TPSA) is 39.7 Å². The molecule has 1 aliphatic heterocycles. The number of nitrogens with one attached hydrogen (secondary N) is 1. The van der Waals surface area contributed by atoms with Crippen LogP contribution in [0.1, 0.15) is 38.8 Å². The summed E-state index contributed by atoms with van der Waals surface area (Å²) >= 11 is 0. The van der Waals surface area contributed by atoms with E-state index in [1.165, 1.54) is 5.56 Å². The van der Waals surface area contributed by atoms with Gasteiger partial charge in [0.1, 0.15) is 13.2 Å². The van der Waals surface area contributed by atoms with E-state index in [2.05, 4.69) is 38.2 Å². The van der Waals surface area contributed by atoms with Crippen molar-refractivity contribution in [3.05, 3.63) is 23.8 Å². The van der Waals surface area contributed by atoms with Crippen molar-refractivity contribution in [2.45, 2.75) is 38.8 Å². The maximum atomic E-state index is 5.66. The second-order valence-corrected chi connectivity index (χ2v) is 5.68. The van der Waals surface area contributed by atoms with Gasteiger partial charge in [-0.2, -0.15) is 0 Å². The smallest absolute Gasteiger partial charge is 0.161 e. The number of methoxy groups -OCH3 is 1. The van der Waals surface area contributed by atoms with E-state index in [1.54, 1.807) is 7.11 Å². The van der Waals surface area contributed by atoms with Crippen molar-refractivity contribution in [1.29, 1.82) is 0 Å². The van der Waals surface area contributed by atoms with Crippen molar-refractivity contribution in [3.8, 4) is 11.5 Å². The second-order valence-electron chi connectivity index (χ2n) is 5.68. The zero-order valence-electron chi connectivity index (χ0n) is 12.9. The van der Waals surface area contributed by atoms with Crippen LogP contribution < -0.4 is 14.8 Å². The predicted octanol–water partition coefficient (Wildman–Crippen LogP) is 2.92. The van der Waals surface area contributed by atoms with Gasteiger partial charge in [-0.1, -0.05) is 13.0 Å². The highest BCUT2D eigenvalue weighted by Crippen LogP contribution is 2.35. The molecule has 0 amide bonds. The van der Waals surface area contributed by atoms with Crippen LogP contribution in [0.15, 0.2) is 18.2 Å². The van der Waals surface area contributed by atoms with Crippen LogP contribution in [-0.2, 0) is 4.74 Å². The minimum Gasteiger partial charge on any atom is -0.486 e. The van der Waals surface area contributed by atoms with E-state index < -0.39 is 0 Å². The van der Waals surface area contributed by atoms with Crippen LogP contribution >= 0.6 is 0 Å². The van der Waals surface area contributed by atoms with E-state index in [-0.39, 0.29) is 11.6 Å². The van der Waals surface area contributed by atoms with Crippen LogP contribution in [-0.4, -0.2) is 32.5 Å². The Kier molecular flexibility index (Phi) is 4.89. The van der Waals surface area contributed by atoms with Crippen molar-refractivity contribution < 1.29 is 14.2 Å². The van der Waals surface area contributed by atoms with Gasteiger partial charge in [0.15, 0.2) is 11.5 Å². The van der Waals surface area contributed by atoms with Crippen LogP contribution in [0.5, 0.6) is 11.5 Å². The van der Waals surface area contributed by atoms with E-state index in [0.717, 1.165) is 24.5 Å². The minimum atomic E-state index is -0.167. The lowest BCUT2D eigenvalue weighted by atomic mass is 9.93. The SMILES string of the molecule is CCNC(CC(C)(C)OC)c1ccc2c(c1)OCCO2. The average Bonchev–Trinajstić information content (AvgIpc) is 2.46. The molecule has 0 aliphatic carbocycles. The van der Waals surface area contributed by atoms with E-state index in [1.807, 2.05) is 6.07 Å². The van der Waals surface area contributed by atoms with E-state index >= 15 is 0 Å². The highest BCUT2D eigenvalue weighted by Gasteiger charge is 2.24. The van der Waals surface area contributed by atoms with Crippen LogP contribution in [0.25, 0.3) is 0 Å². The van der Waals surface area contributed by atoms with Gasteiger partial charge in [-0.05, 0) is 44.5 Å². The summed E-state index contributed by atoms with van der Waals surface area (Å²) in [5, 5.41) is 3.52. The zero-order valence-corrected chi connectivity index (χ0v) is 12.9. The first-order valence-corrected chi connectivity index (χ1v) is 7.24. The quantitative estimate of drug-likeness (QED) is 0.869. The zero-order chi connectivity index (χ0) is 14.6. The maximum absolute atomic E-state index is 5.66. The first-order chi connectivity index (χ1) is 9.55. The molecule has 0 spiro atoms. The third-order valence-corrected chi connectivity index (χ3v) is 3.67. The summed E-state index contributed by atoms with van der Waals surface area (Å²) in [5.41, 5.74) is 1.04. The molecular weight excluding hydrogens is 254 g/mol. The summed E-state index contributed by atoms with van der Waals surface area (Å²) in [6.45, 7) is 8.49. The van der Waals surface area contributed by atoms with Crippen LogP contribution in [0, 0.1) is 0 Å². The van der Waals surface area contributed by atoms with Crippen molar-refractivity contribution >= 4 is 0 Å². The molecule has 1 atom stereocenters. The standard InChI is InChI=1S/C16H25NO3/c1-5-17-13(11-16(2,3)18-4)12-6-7-14-15(10-12)20-9-8-19-14/h6-7,10,13,17H,5,8-9,11H2,1-4H3. The number of hydrogen-bond acceptors (Lipinski definition) is 4. The molecule has 0 radical (unpaired) electrons. The lowest BCUT2D eigenvalue weighted by molar-refractivity contribution is 0.00693. The Balaban J connectivity index is 2.20. The van der Waals surface area contributed by atoms with Crippen molar-refractivity contribution in [2.75, 3.05) is 26.9 Å². The van der Waals surface area contributed by atoms with Gasteiger partial charge in [0, 0.05) is 13.2 Å². The molecule has 0 bridgehead atoms. The van der Waals surface area contributed by atoms with Crippen molar-refractivity contribution in [1.82, 2.24) is 5.32 Å². The Morgan fingerprint density at radius 1 is 1.25 bits per heavy atom. The van der Waals surface area contributed by atoms with Gasteiger partial charge in [0.05, 0.1) is 5.60 Å². The predicted molar refractivity (Wildman–Crippen MR) is 79.6 cm³/mol. The molecule has 20 heavy (non-hydrogen) atoms. The van der Waals surface area contributed by atoms with Gasteiger partial charge in [-0.3, -0.25) is 0 Å². The summed E-state index contributed by atoms with van der Waals surface area (Å²) in [4.78, 5) is 0. The largest absolute Gasteiger partial charge is 0.486 e. The maximum Gasteiger partial charge on any atom is 0.161 e. The molecule has 1 heterocycles. The molecule has 1 aliphatic rings. The highest BCUT2D eigenvalue weighted by atomic mass is 16.6. The molecule has 0 fully saturated rings.